The quantitative estimate of drug-likeness (QED) is 0.284. The Kier molecular flexibility index (Phi) is 4.45. The molecule has 0 atom stereocenters. The first-order valence-electron chi connectivity index (χ1n) is 9.50. The number of esters is 1. The molecule has 0 aliphatic heterocycles. The Balaban J connectivity index is 2.14. The molecule has 0 saturated carbocycles. The minimum absolute atomic E-state index is 0.00286. The number of benzene rings is 2. The Morgan fingerprint density at radius 3 is 2.31 bits per heavy atom. The SMILES string of the molecule is CCOC(=O)C(=O)c1cc2c3cc(OCC)ccc3n(CC)c2c2c(=O)c(=O)c12. The number of fused-ring (bicyclic) bond motifs is 5. The van der Waals surface area contributed by atoms with Crippen LogP contribution >= 0.6 is 0 Å². The van der Waals surface area contributed by atoms with E-state index in [0.717, 1.165) is 10.9 Å². The molecule has 4 rings (SSSR count). The lowest BCUT2D eigenvalue weighted by Crippen LogP contribution is -2.34. The second kappa shape index (κ2) is 6.84. The standard InChI is InChI=1S/C22H19NO6/c1-4-23-15-8-7-11(28-5-2)9-12(15)13-10-14(19(24)22(27)29-6-3)16-17(18(13)23)21(26)20(16)25/h7-10H,4-6H2,1-3H3. The Bertz CT molecular complexity index is 1380. The highest BCUT2D eigenvalue weighted by Gasteiger charge is 2.29. The van der Waals surface area contributed by atoms with Crippen LogP contribution in [0, 0.1) is 0 Å². The van der Waals surface area contributed by atoms with Crippen molar-refractivity contribution >= 4 is 44.3 Å². The average molecular weight is 393 g/mol. The number of hydrogen-bond donors (Lipinski definition) is 0. The van der Waals surface area contributed by atoms with E-state index < -0.39 is 22.6 Å². The van der Waals surface area contributed by atoms with Crippen LogP contribution in [-0.2, 0) is 16.1 Å². The van der Waals surface area contributed by atoms with Crippen molar-refractivity contribution in [3.8, 4) is 5.75 Å². The molecule has 0 spiro atoms. The highest BCUT2D eigenvalue weighted by atomic mass is 16.5. The van der Waals surface area contributed by atoms with E-state index in [1.165, 1.54) is 6.07 Å². The van der Waals surface area contributed by atoms with E-state index >= 15 is 0 Å². The highest BCUT2D eigenvalue weighted by Crippen LogP contribution is 2.36. The number of rotatable bonds is 6. The van der Waals surface area contributed by atoms with Crippen molar-refractivity contribution in [3.63, 3.8) is 0 Å². The molecule has 0 aliphatic rings. The van der Waals surface area contributed by atoms with Gasteiger partial charge in [-0.2, -0.15) is 0 Å². The van der Waals surface area contributed by atoms with Gasteiger partial charge in [-0.3, -0.25) is 14.4 Å². The summed E-state index contributed by atoms with van der Waals surface area (Å²) in [5.74, 6) is -1.32. The molecule has 1 heterocycles. The fraction of sp³-hybridized carbons (Fsp3) is 0.273. The van der Waals surface area contributed by atoms with Crippen molar-refractivity contribution in [2.45, 2.75) is 27.3 Å². The molecule has 0 radical (unpaired) electrons. The van der Waals surface area contributed by atoms with Crippen LogP contribution in [0.25, 0.3) is 32.6 Å². The fourth-order valence-corrected chi connectivity index (χ4v) is 3.94. The number of ether oxygens (including phenoxy) is 2. The molecule has 7 nitrogen and oxygen atoms in total. The number of carbonyl (C=O) groups is 2. The van der Waals surface area contributed by atoms with E-state index in [-0.39, 0.29) is 22.9 Å². The van der Waals surface area contributed by atoms with Crippen molar-refractivity contribution in [3.05, 3.63) is 50.3 Å². The maximum absolute atomic E-state index is 12.6. The number of carbonyl (C=O) groups excluding carboxylic acids is 2. The normalized spacial score (nSPS) is 11.6. The van der Waals surface area contributed by atoms with Gasteiger partial charge in [-0.25, -0.2) is 4.79 Å². The number of aryl methyl sites for hydroxylation is 1. The Hall–Kier alpha value is -3.48. The summed E-state index contributed by atoms with van der Waals surface area (Å²) in [4.78, 5) is 49.4. The largest absolute Gasteiger partial charge is 0.494 e. The number of Topliss-reactive ketones (excluding diaryl/α,β-unsaturated/α-hetero) is 1. The van der Waals surface area contributed by atoms with E-state index in [1.54, 1.807) is 6.92 Å². The summed E-state index contributed by atoms with van der Waals surface area (Å²) in [5, 5.41) is 1.59. The maximum atomic E-state index is 12.6. The van der Waals surface area contributed by atoms with Crippen LogP contribution in [0.2, 0.25) is 0 Å². The minimum atomic E-state index is -1.05. The van der Waals surface area contributed by atoms with Gasteiger partial charge in [-0.15, -0.1) is 0 Å². The van der Waals surface area contributed by atoms with Gasteiger partial charge in [0, 0.05) is 28.4 Å². The Morgan fingerprint density at radius 1 is 0.931 bits per heavy atom. The second-order valence-corrected chi connectivity index (χ2v) is 6.63. The van der Waals surface area contributed by atoms with Crippen LogP contribution in [0.3, 0.4) is 0 Å². The molecule has 0 fully saturated rings. The topological polar surface area (TPSA) is 91.7 Å². The van der Waals surface area contributed by atoms with Crippen molar-refractivity contribution in [2.75, 3.05) is 13.2 Å². The van der Waals surface area contributed by atoms with Crippen LogP contribution in [-0.4, -0.2) is 29.5 Å². The lowest BCUT2D eigenvalue weighted by molar-refractivity contribution is -0.137. The second-order valence-electron chi connectivity index (χ2n) is 6.63. The Morgan fingerprint density at radius 2 is 1.66 bits per heavy atom. The Labute approximate surface area is 165 Å². The highest BCUT2D eigenvalue weighted by molar-refractivity contribution is 6.44. The molecule has 0 bridgehead atoms. The van der Waals surface area contributed by atoms with Crippen molar-refractivity contribution in [2.24, 2.45) is 0 Å². The van der Waals surface area contributed by atoms with Crippen molar-refractivity contribution in [1.29, 1.82) is 0 Å². The minimum Gasteiger partial charge on any atom is -0.494 e. The smallest absolute Gasteiger partial charge is 0.379 e. The lowest BCUT2D eigenvalue weighted by atomic mass is 9.93. The summed E-state index contributed by atoms with van der Waals surface area (Å²) in [6, 6.07) is 7.07. The number of nitrogens with zero attached hydrogens (tertiary/aromatic N) is 1. The third kappa shape index (κ3) is 2.57. The monoisotopic (exact) mass is 393 g/mol. The van der Waals surface area contributed by atoms with Crippen molar-refractivity contribution < 1.29 is 19.1 Å². The van der Waals surface area contributed by atoms with Gasteiger partial charge in [0.05, 0.1) is 29.5 Å². The number of ketones is 1. The van der Waals surface area contributed by atoms with Crippen LogP contribution < -0.4 is 15.6 Å². The van der Waals surface area contributed by atoms with E-state index in [1.807, 2.05) is 36.6 Å². The van der Waals surface area contributed by atoms with Crippen molar-refractivity contribution in [1.82, 2.24) is 4.57 Å². The van der Waals surface area contributed by atoms with Crippen LogP contribution in [0.4, 0.5) is 0 Å². The van der Waals surface area contributed by atoms with Crippen LogP contribution in [0.1, 0.15) is 31.1 Å². The molecular weight excluding hydrogens is 374 g/mol. The van der Waals surface area contributed by atoms with E-state index in [2.05, 4.69) is 0 Å². The molecule has 0 unspecified atom stereocenters. The molecule has 7 heteroatoms. The van der Waals surface area contributed by atoms with Gasteiger partial charge >= 0.3 is 5.97 Å². The predicted molar refractivity (Wildman–Crippen MR) is 110 cm³/mol. The van der Waals surface area contributed by atoms with Crippen LogP contribution in [0.5, 0.6) is 5.75 Å². The molecule has 3 aromatic carbocycles. The molecular formula is C22H19NO6. The van der Waals surface area contributed by atoms with Crippen LogP contribution in [0.15, 0.2) is 33.9 Å². The van der Waals surface area contributed by atoms with Gasteiger partial charge in [-0.05, 0) is 45.0 Å². The van der Waals surface area contributed by atoms with Gasteiger partial charge in [-0.1, -0.05) is 0 Å². The molecule has 0 aliphatic carbocycles. The lowest BCUT2D eigenvalue weighted by Gasteiger charge is -2.10. The molecule has 1 aromatic heterocycles. The third-order valence-electron chi connectivity index (χ3n) is 5.11. The van der Waals surface area contributed by atoms with E-state index in [9.17, 15) is 19.2 Å². The zero-order valence-electron chi connectivity index (χ0n) is 16.3. The first kappa shape index (κ1) is 18.9. The summed E-state index contributed by atoms with van der Waals surface area (Å²) in [6.45, 7) is 6.49. The molecule has 4 aromatic rings. The number of aromatic nitrogens is 1. The van der Waals surface area contributed by atoms with Gasteiger partial charge in [0.15, 0.2) is 0 Å². The molecule has 0 saturated heterocycles. The van der Waals surface area contributed by atoms with Gasteiger partial charge in [0.25, 0.3) is 5.78 Å². The summed E-state index contributed by atoms with van der Waals surface area (Å²) < 4.78 is 12.3. The average Bonchev–Trinajstić information content (AvgIpc) is 3.03. The zero-order valence-corrected chi connectivity index (χ0v) is 16.3. The van der Waals surface area contributed by atoms with Gasteiger partial charge in [0.2, 0.25) is 10.9 Å². The summed E-state index contributed by atoms with van der Waals surface area (Å²) >= 11 is 0. The van der Waals surface area contributed by atoms with Gasteiger partial charge in [0.1, 0.15) is 5.75 Å². The first-order chi connectivity index (χ1) is 13.9. The summed E-state index contributed by atoms with van der Waals surface area (Å²) in [7, 11) is 0. The fourth-order valence-electron chi connectivity index (χ4n) is 3.94. The molecule has 148 valence electrons. The molecule has 29 heavy (non-hydrogen) atoms. The summed E-state index contributed by atoms with van der Waals surface area (Å²) in [5.41, 5.74) is -0.0479. The maximum Gasteiger partial charge on any atom is 0.379 e. The molecule has 0 N–H and O–H groups in total. The first-order valence-corrected chi connectivity index (χ1v) is 9.50. The predicted octanol–water partition coefficient (Wildman–Crippen LogP) is 2.71. The van der Waals surface area contributed by atoms with E-state index in [4.69, 9.17) is 9.47 Å². The number of hydrogen-bond acceptors (Lipinski definition) is 6. The van der Waals surface area contributed by atoms with Gasteiger partial charge < -0.3 is 14.0 Å². The third-order valence-corrected chi connectivity index (χ3v) is 5.11. The molecule has 0 amide bonds. The van der Waals surface area contributed by atoms with E-state index in [0.29, 0.717) is 29.8 Å². The summed E-state index contributed by atoms with van der Waals surface area (Å²) in [6.07, 6.45) is 0. The zero-order chi connectivity index (χ0) is 20.9.